The fourth-order valence-electron chi connectivity index (χ4n) is 2.45. The van der Waals surface area contributed by atoms with Crippen LogP contribution in [0.1, 0.15) is 29.6 Å². The minimum absolute atomic E-state index is 0.0179. The van der Waals surface area contributed by atoms with Crippen LogP contribution in [0, 0.1) is 0 Å². The van der Waals surface area contributed by atoms with E-state index in [1.54, 1.807) is 55.5 Å². The summed E-state index contributed by atoms with van der Waals surface area (Å²) in [5.74, 6) is -0.329. The van der Waals surface area contributed by atoms with Gasteiger partial charge in [0.2, 0.25) is 5.89 Å². The van der Waals surface area contributed by atoms with Crippen molar-refractivity contribution in [2.75, 3.05) is 0 Å². The van der Waals surface area contributed by atoms with Gasteiger partial charge in [-0.15, -0.1) is 10.2 Å². The van der Waals surface area contributed by atoms with Crippen LogP contribution >= 0.6 is 11.6 Å². The van der Waals surface area contributed by atoms with E-state index in [1.165, 1.54) is 0 Å². The van der Waals surface area contributed by atoms with Gasteiger partial charge in [0, 0.05) is 11.6 Å². The second-order valence-corrected chi connectivity index (χ2v) is 6.49. The van der Waals surface area contributed by atoms with E-state index < -0.39 is 5.97 Å². The maximum Gasteiger partial charge on any atom is 0.308 e. The zero-order valence-electron chi connectivity index (χ0n) is 15.1. The number of nitrogens with zero attached hydrogens (tertiary/aromatic N) is 2. The Morgan fingerprint density at radius 2 is 1.82 bits per heavy atom. The van der Waals surface area contributed by atoms with Gasteiger partial charge in [0.1, 0.15) is 0 Å². The predicted molar refractivity (Wildman–Crippen MR) is 103 cm³/mol. The van der Waals surface area contributed by atoms with Gasteiger partial charge in [0.05, 0.1) is 17.0 Å². The molecule has 0 saturated heterocycles. The van der Waals surface area contributed by atoms with Crippen molar-refractivity contribution < 1.29 is 18.7 Å². The summed E-state index contributed by atoms with van der Waals surface area (Å²) in [7, 11) is 0. The van der Waals surface area contributed by atoms with Crippen molar-refractivity contribution in [2.24, 2.45) is 0 Å². The van der Waals surface area contributed by atoms with E-state index >= 15 is 0 Å². The zero-order chi connectivity index (χ0) is 19.9. The molecule has 0 aliphatic rings. The Morgan fingerprint density at radius 3 is 2.57 bits per heavy atom. The topological polar surface area (TPSA) is 94.3 Å². The summed E-state index contributed by atoms with van der Waals surface area (Å²) in [6.45, 7) is 1.57. The van der Waals surface area contributed by atoms with Crippen LogP contribution in [0.2, 0.25) is 5.02 Å². The van der Waals surface area contributed by atoms with Gasteiger partial charge >= 0.3 is 5.97 Å². The molecule has 1 aromatic heterocycles. The highest BCUT2D eigenvalue weighted by Crippen LogP contribution is 2.26. The highest BCUT2D eigenvalue weighted by atomic mass is 35.5. The first-order valence-electron chi connectivity index (χ1n) is 8.61. The fraction of sp³-hybridized carbons (Fsp3) is 0.200. The minimum atomic E-state index is -0.488. The van der Waals surface area contributed by atoms with Crippen LogP contribution in [0.15, 0.2) is 59.0 Å². The molecule has 1 N–H and O–H groups in total. The number of halogens is 1. The Hall–Kier alpha value is -3.19. The molecule has 1 heterocycles. The van der Waals surface area contributed by atoms with Gasteiger partial charge in [-0.05, 0) is 31.2 Å². The molecular weight excluding hydrogens is 382 g/mol. The highest BCUT2D eigenvalue weighted by molar-refractivity contribution is 6.33. The van der Waals surface area contributed by atoms with Gasteiger partial charge in [0.15, 0.2) is 6.61 Å². The smallest absolute Gasteiger partial charge is 0.308 e. The molecule has 0 radical (unpaired) electrons. The van der Waals surface area contributed by atoms with Gasteiger partial charge in [-0.25, -0.2) is 0 Å². The van der Waals surface area contributed by atoms with Crippen molar-refractivity contribution in [1.29, 1.82) is 0 Å². The van der Waals surface area contributed by atoms with Crippen LogP contribution < -0.4 is 5.32 Å². The molecule has 0 aliphatic heterocycles. The molecule has 7 nitrogen and oxygen atoms in total. The molecule has 0 saturated carbocycles. The van der Waals surface area contributed by atoms with Gasteiger partial charge in [-0.1, -0.05) is 41.9 Å². The molecule has 1 atom stereocenters. The number of ether oxygens (including phenoxy) is 1. The third kappa shape index (κ3) is 5.17. The number of hydrogen-bond donors (Lipinski definition) is 1. The lowest BCUT2D eigenvalue weighted by Gasteiger charge is -2.13. The van der Waals surface area contributed by atoms with Crippen molar-refractivity contribution in [3.05, 3.63) is 71.1 Å². The maximum absolute atomic E-state index is 12.1. The van der Waals surface area contributed by atoms with Crippen LogP contribution in [0.3, 0.4) is 0 Å². The fourth-order valence-corrected chi connectivity index (χ4v) is 2.67. The summed E-state index contributed by atoms with van der Waals surface area (Å²) >= 11 is 6.09. The van der Waals surface area contributed by atoms with Crippen LogP contribution in [-0.4, -0.2) is 28.1 Å². The molecule has 0 fully saturated rings. The summed E-state index contributed by atoms with van der Waals surface area (Å²) in [4.78, 5) is 24.1. The van der Waals surface area contributed by atoms with E-state index in [2.05, 4.69) is 15.5 Å². The second kappa shape index (κ2) is 9.14. The molecule has 8 heteroatoms. The molecule has 1 unspecified atom stereocenters. The number of carbonyl (C=O) groups is 2. The Labute approximate surface area is 166 Å². The standard InChI is InChI=1S/C20H18ClN3O4/c1-13(22-19(26)14-7-3-2-4-8-14)11-18(25)27-12-17-23-24-20(28-17)15-9-5-6-10-16(15)21/h2-10,13H,11-12H2,1H3,(H,22,26). The summed E-state index contributed by atoms with van der Waals surface area (Å²) < 4.78 is 10.6. The zero-order valence-corrected chi connectivity index (χ0v) is 15.8. The predicted octanol–water partition coefficient (Wildman–Crippen LogP) is 3.64. The molecule has 1 amide bonds. The Balaban J connectivity index is 1.48. The van der Waals surface area contributed by atoms with Crippen LogP contribution in [0.25, 0.3) is 11.5 Å². The number of esters is 1. The average Bonchev–Trinajstić information content (AvgIpc) is 3.16. The molecule has 3 rings (SSSR count). The molecule has 28 heavy (non-hydrogen) atoms. The van der Waals surface area contributed by atoms with Gasteiger partial charge < -0.3 is 14.5 Å². The number of amides is 1. The molecule has 2 aromatic carbocycles. The number of hydrogen-bond acceptors (Lipinski definition) is 6. The number of carbonyl (C=O) groups excluding carboxylic acids is 2. The van der Waals surface area contributed by atoms with Crippen molar-refractivity contribution in [2.45, 2.75) is 26.0 Å². The van der Waals surface area contributed by atoms with E-state index in [0.717, 1.165) is 0 Å². The van der Waals surface area contributed by atoms with E-state index in [0.29, 0.717) is 16.1 Å². The Bertz CT molecular complexity index is 959. The first-order chi connectivity index (χ1) is 13.5. The summed E-state index contributed by atoms with van der Waals surface area (Å²) in [6, 6.07) is 15.4. The Morgan fingerprint density at radius 1 is 1.11 bits per heavy atom. The second-order valence-electron chi connectivity index (χ2n) is 6.09. The number of nitrogens with one attached hydrogen (secondary N) is 1. The van der Waals surface area contributed by atoms with Crippen LogP contribution in [0.5, 0.6) is 0 Å². The van der Waals surface area contributed by atoms with Gasteiger partial charge in [-0.2, -0.15) is 0 Å². The lowest BCUT2D eigenvalue weighted by atomic mass is 10.2. The number of aromatic nitrogens is 2. The maximum atomic E-state index is 12.1. The van der Waals surface area contributed by atoms with Crippen LogP contribution in [0.4, 0.5) is 0 Å². The van der Waals surface area contributed by atoms with E-state index in [-0.39, 0.29) is 36.8 Å². The lowest BCUT2D eigenvalue weighted by molar-refractivity contribution is -0.146. The average molecular weight is 400 g/mol. The monoisotopic (exact) mass is 399 g/mol. The highest BCUT2D eigenvalue weighted by Gasteiger charge is 2.16. The number of benzene rings is 2. The van der Waals surface area contributed by atoms with E-state index in [9.17, 15) is 9.59 Å². The molecule has 0 aliphatic carbocycles. The molecule has 0 spiro atoms. The quantitative estimate of drug-likeness (QED) is 0.609. The molecular formula is C20H18ClN3O4. The lowest BCUT2D eigenvalue weighted by Crippen LogP contribution is -2.34. The molecule has 144 valence electrons. The Kier molecular flexibility index (Phi) is 6.39. The van der Waals surface area contributed by atoms with Gasteiger partial charge in [0.25, 0.3) is 11.8 Å². The normalized spacial score (nSPS) is 11.6. The summed E-state index contributed by atoms with van der Waals surface area (Å²) in [6.07, 6.45) is 0.0179. The van der Waals surface area contributed by atoms with Crippen LogP contribution in [-0.2, 0) is 16.1 Å². The van der Waals surface area contributed by atoms with E-state index in [4.69, 9.17) is 20.8 Å². The molecule has 3 aromatic rings. The third-order valence-electron chi connectivity index (χ3n) is 3.81. The largest absolute Gasteiger partial charge is 0.456 e. The first kappa shape index (κ1) is 19.6. The molecule has 0 bridgehead atoms. The SMILES string of the molecule is CC(CC(=O)OCc1nnc(-c2ccccc2Cl)o1)NC(=O)c1ccccc1. The summed E-state index contributed by atoms with van der Waals surface area (Å²) in [5.41, 5.74) is 1.13. The third-order valence-corrected chi connectivity index (χ3v) is 4.14. The minimum Gasteiger partial charge on any atom is -0.456 e. The number of rotatable bonds is 7. The van der Waals surface area contributed by atoms with Crippen molar-refractivity contribution in [3.63, 3.8) is 0 Å². The van der Waals surface area contributed by atoms with Crippen molar-refractivity contribution in [3.8, 4) is 11.5 Å². The van der Waals surface area contributed by atoms with E-state index in [1.807, 2.05) is 6.07 Å². The first-order valence-corrected chi connectivity index (χ1v) is 8.99. The van der Waals surface area contributed by atoms with Crippen molar-refractivity contribution >= 4 is 23.5 Å². The summed E-state index contributed by atoms with van der Waals surface area (Å²) in [5, 5.41) is 11.0. The van der Waals surface area contributed by atoms with Gasteiger partial charge in [-0.3, -0.25) is 9.59 Å². The van der Waals surface area contributed by atoms with Crippen molar-refractivity contribution in [1.82, 2.24) is 15.5 Å².